The van der Waals surface area contributed by atoms with Gasteiger partial charge in [0.2, 0.25) is 0 Å². The Morgan fingerprint density at radius 1 is 1.21 bits per heavy atom. The van der Waals surface area contributed by atoms with E-state index in [-0.39, 0.29) is 17.1 Å². The molecule has 0 atom stereocenters. The highest BCUT2D eigenvalue weighted by atomic mass is 35.5. The van der Waals surface area contributed by atoms with Crippen LogP contribution in [0.5, 0.6) is 5.75 Å². The Balaban J connectivity index is 1.79. The van der Waals surface area contributed by atoms with Gasteiger partial charge in [-0.25, -0.2) is 9.82 Å². The fourth-order valence-electron chi connectivity index (χ4n) is 2.14. The normalized spacial score (nSPS) is 10.7. The minimum absolute atomic E-state index is 0.0646. The third-order valence-corrected chi connectivity index (χ3v) is 4.00. The summed E-state index contributed by atoms with van der Waals surface area (Å²) in [6.45, 7) is 2.42. The van der Waals surface area contributed by atoms with Gasteiger partial charge in [-0.3, -0.25) is 9.59 Å². The van der Waals surface area contributed by atoms with Gasteiger partial charge in [0, 0.05) is 11.1 Å². The highest BCUT2D eigenvalue weighted by Gasteiger charge is 2.08. The van der Waals surface area contributed by atoms with Crippen molar-refractivity contribution in [2.24, 2.45) is 5.10 Å². The Morgan fingerprint density at radius 3 is 2.64 bits per heavy atom. The average Bonchev–Trinajstić information content (AvgIpc) is 2.69. The Kier molecular flexibility index (Phi) is 8.42. The summed E-state index contributed by atoms with van der Waals surface area (Å²) in [6, 6.07) is 10.8. The molecule has 2 rings (SSSR count). The van der Waals surface area contributed by atoms with Gasteiger partial charge in [0.15, 0.2) is 0 Å². The van der Waals surface area contributed by atoms with Gasteiger partial charge in [-0.15, -0.1) is 0 Å². The number of halogens is 2. The van der Waals surface area contributed by atoms with Gasteiger partial charge < -0.3 is 10.1 Å². The molecular weight excluding hydrogens is 385 g/mol. The van der Waals surface area contributed by atoms with Crippen LogP contribution in [0.1, 0.15) is 35.7 Å². The SMILES string of the molecule is CCCCOc1ccc(C(=O)NCC(=O)N/N=C\c2c(F)cccc2Cl)cc1. The van der Waals surface area contributed by atoms with Crippen LogP contribution >= 0.6 is 11.6 Å². The van der Waals surface area contributed by atoms with Crippen LogP contribution in [-0.4, -0.2) is 31.2 Å². The first-order valence-corrected chi connectivity index (χ1v) is 9.16. The minimum Gasteiger partial charge on any atom is -0.494 e. The molecule has 0 aromatic heterocycles. The van der Waals surface area contributed by atoms with E-state index in [9.17, 15) is 14.0 Å². The van der Waals surface area contributed by atoms with Crippen molar-refractivity contribution in [1.82, 2.24) is 10.7 Å². The second-order valence-corrected chi connectivity index (χ2v) is 6.24. The fourth-order valence-corrected chi connectivity index (χ4v) is 2.35. The van der Waals surface area contributed by atoms with Crippen molar-refractivity contribution in [2.45, 2.75) is 19.8 Å². The van der Waals surface area contributed by atoms with E-state index in [1.54, 1.807) is 24.3 Å². The predicted molar refractivity (Wildman–Crippen MR) is 106 cm³/mol. The van der Waals surface area contributed by atoms with Crippen LogP contribution < -0.4 is 15.5 Å². The number of benzene rings is 2. The van der Waals surface area contributed by atoms with Crippen LogP contribution in [-0.2, 0) is 4.79 Å². The van der Waals surface area contributed by atoms with E-state index >= 15 is 0 Å². The van der Waals surface area contributed by atoms with Crippen LogP contribution in [0.4, 0.5) is 4.39 Å². The van der Waals surface area contributed by atoms with Crippen molar-refractivity contribution < 1.29 is 18.7 Å². The monoisotopic (exact) mass is 405 g/mol. The van der Waals surface area contributed by atoms with Crippen molar-refractivity contribution in [3.63, 3.8) is 0 Å². The number of carbonyl (C=O) groups excluding carboxylic acids is 2. The van der Waals surface area contributed by atoms with Gasteiger partial charge in [-0.05, 0) is 42.8 Å². The fraction of sp³-hybridized carbons (Fsp3) is 0.250. The molecule has 0 unspecified atom stereocenters. The molecule has 6 nitrogen and oxygen atoms in total. The second-order valence-electron chi connectivity index (χ2n) is 5.84. The third-order valence-electron chi connectivity index (χ3n) is 3.68. The second kappa shape index (κ2) is 11.0. The van der Waals surface area contributed by atoms with Crippen molar-refractivity contribution >= 4 is 29.6 Å². The zero-order valence-electron chi connectivity index (χ0n) is 15.4. The number of hydrogen-bond donors (Lipinski definition) is 2. The van der Waals surface area contributed by atoms with Gasteiger partial charge in [0.05, 0.1) is 24.4 Å². The molecule has 2 aromatic carbocycles. The smallest absolute Gasteiger partial charge is 0.259 e. The minimum atomic E-state index is -0.559. The molecular formula is C20H21ClFN3O3. The topological polar surface area (TPSA) is 79.8 Å². The first-order valence-electron chi connectivity index (χ1n) is 8.78. The summed E-state index contributed by atoms with van der Waals surface area (Å²) in [5, 5.41) is 6.29. The van der Waals surface area contributed by atoms with E-state index in [1.165, 1.54) is 18.2 Å². The zero-order valence-corrected chi connectivity index (χ0v) is 16.1. The van der Waals surface area contributed by atoms with E-state index in [0.29, 0.717) is 17.9 Å². The largest absolute Gasteiger partial charge is 0.494 e. The maximum atomic E-state index is 13.6. The number of hydrogen-bond acceptors (Lipinski definition) is 4. The number of nitrogens with zero attached hydrogens (tertiary/aromatic N) is 1. The molecule has 0 radical (unpaired) electrons. The molecule has 0 saturated carbocycles. The number of nitrogens with one attached hydrogen (secondary N) is 2. The molecule has 0 heterocycles. The lowest BCUT2D eigenvalue weighted by atomic mass is 10.2. The maximum absolute atomic E-state index is 13.6. The lowest BCUT2D eigenvalue weighted by molar-refractivity contribution is -0.120. The molecule has 0 fully saturated rings. The summed E-state index contributed by atoms with van der Waals surface area (Å²) >= 11 is 5.85. The first kappa shape index (κ1) is 21.4. The molecule has 0 aliphatic carbocycles. The summed E-state index contributed by atoms with van der Waals surface area (Å²) < 4.78 is 19.1. The van der Waals surface area contributed by atoms with E-state index < -0.39 is 17.6 Å². The van der Waals surface area contributed by atoms with Crippen molar-refractivity contribution in [2.75, 3.05) is 13.2 Å². The van der Waals surface area contributed by atoms with Gasteiger partial charge in [-0.1, -0.05) is 31.0 Å². The van der Waals surface area contributed by atoms with E-state index in [2.05, 4.69) is 22.8 Å². The Labute approximate surface area is 167 Å². The van der Waals surface area contributed by atoms with Crippen LogP contribution in [0.2, 0.25) is 5.02 Å². The standard InChI is InChI=1S/C20H21ClFN3O3/c1-2-3-11-28-15-9-7-14(8-10-15)20(27)23-13-19(26)25-24-12-16-17(21)5-4-6-18(16)22/h4-10,12H,2-3,11,13H2,1H3,(H,23,27)(H,25,26)/b24-12-. The maximum Gasteiger partial charge on any atom is 0.259 e. The third kappa shape index (κ3) is 6.66. The highest BCUT2D eigenvalue weighted by molar-refractivity contribution is 6.33. The molecule has 0 aliphatic rings. The Morgan fingerprint density at radius 2 is 1.96 bits per heavy atom. The quantitative estimate of drug-likeness (QED) is 0.380. The van der Waals surface area contributed by atoms with Gasteiger partial charge in [0.25, 0.3) is 11.8 Å². The highest BCUT2D eigenvalue weighted by Crippen LogP contribution is 2.16. The number of rotatable bonds is 9. The zero-order chi connectivity index (χ0) is 20.4. The predicted octanol–water partition coefficient (Wildman–Crippen LogP) is 3.54. The molecule has 2 N–H and O–H groups in total. The van der Waals surface area contributed by atoms with Gasteiger partial charge >= 0.3 is 0 Å². The summed E-state index contributed by atoms with van der Waals surface area (Å²) in [4.78, 5) is 23.8. The lowest BCUT2D eigenvalue weighted by Crippen LogP contribution is -2.34. The number of ether oxygens (including phenoxy) is 1. The lowest BCUT2D eigenvalue weighted by Gasteiger charge is -2.07. The van der Waals surface area contributed by atoms with Crippen molar-refractivity contribution in [3.8, 4) is 5.75 Å². The molecule has 0 saturated heterocycles. The van der Waals surface area contributed by atoms with Crippen molar-refractivity contribution in [3.05, 3.63) is 64.4 Å². The number of unbranched alkanes of at least 4 members (excludes halogenated alkanes) is 1. The molecule has 0 spiro atoms. The Hall–Kier alpha value is -2.93. The van der Waals surface area contributed by atoms with E-state index in [4.69, 9.17) is 16.3 Å². The molecule has 8 heteroatoms. The summed E-state index contributed by atoms with van der Waals surface area (Å²) in [5.41, 5.74) is 2.67. The van der Waals surface area contributed by atoms with E-state index in [0.717, 1.165) is 19.1 Å². The molecule has 0 aliphatic heterocycles. The Bertz CT molecular complexity index is 821. The van der Waals surface area contributed by atoms with Crippen LogP contribution in [0.3, 0.4) is 0 Å². The van der Waals surface area contributed by atoms with Crippen molar-refractivity contribution in [1.29, 1.82) is 0 Å². The average molecular weight is 406 g/mol. The summed E-state index contributed by atoms with van der Waals surface area (Å²) in [7, 11) is 0. The summed E-state index contributed by atoms with van der Waals surface area (Å²) in [6.07, 6.45) is 3.11. The molecule has 28 heavy (non-hydrogen) atoms. The summed E-state index contributed by atoms with van der Waals surface area (Å²) in [5.74, 6) is -0.835. The molecule has 2 amide bonds. The number of hydrazone groups is 1. The molecule has 2 aromatic rings. The van der Waals surface area contributed by atoms with Gasteiger partial charge in [0.1, 0.15) is 11.6 Å². The van der Waals surface area contributed by atoms with Crippen LogP contribution in [0, 0.1) is 5.82 Å². The number of carbonyl (C=O) groups is 2. The molecule has 0 bridgehead atoms. The van der Waals surface area contributed by atoms with Crippen LogP contribution in [0.15, 0.2) is 47.6 Å². The van der Waals surface area contributed by atoms with Crippen LogP contribution in [0.25, 0.3) is 0 Å². The van der Waals surface area contributed by atoms with Gasteiger partial charge in [-0.2, -0.15) is 5.10 Å². The first-order chi connectivity index (χ1) is 13.5. The van der Waals surface area contributed by atoms with E-state index in [1.807, 2.05) is 0 Å². The number of amides is 2. The molecule has 148 valence electrons.